The highest BCUT2D eigenvalue weighted by atomic mass is 32.2. The summed E-state index contributed by atoms with van der Waals surface area (Å²) in [7, 11) is 0. The Labute approximate surface area is 118 Å². The molecule has 2 N–H and O–H groups in total. The molecule has 0 bridgehead atoms. The van der Waals surface area contributed by atoms with Crippen LogP contribution >= 0.6 is 11.8 Å². The minimum Gasteiger partial charge on any atom is -0.324 e. The van der Waals surface area contributed by atoms with E-state index in [1.165, 1.54) is 35.3 Å². The SMILES string of the molecule is CC(N)c1ccc(Sc2ccc3c(c2)CCC3)nc1. The molecule has 3 heteroatoms. The van der Waals surface area contributed by atoms with Crippen molar-refractivity contribution < 1.29 is 0 Å². The van der Waals surface area contributed by atoms with Gasteiger partial charge in [-0.3, -0.25) is 0 Å². The number of hydrogen-bond acceptors (Lipinski definition) is 3. The highest BCUT2D eigenvalue weighted by Gasteiger charge is 2.11. The zero-order chi connectivity index (χ0) is 13.2. The molecule has 19 heavy (non-hydrogen) atoms. The first-order valence-corrected chi connectivity index (χ1v) is 7.55. The van der Waals surface area contributed by atoms with E-state index in [1.54, 1.807) is 11.8 Å². The Morgan fingerprint density at radius 3 is 2.74 bits per heavy atom. The Bertz CT molecular complexity index is 576. The van der Waals surface area contributed by atoms with E-state index in [9.17, 15) is 0 Å². The molecule has 0 saturated heterocycles. The van der Waals surface area contributed by atoms with Crippen molar-refractivity contribution in [3.63, 3.8) is 0 Å². The van der Waals surface area contributed by atoms with Crippen LogP contribution in [-0.4, -0.2) is 4.98 Å². The van der Waals surface area contributed by atoms with Gasteiger partial charge in [-0.15, -0.1) is 0 Å². The van der Waals surface area contributed by atoms with E-state index in [1.807, 2.05) is 13.1 Å². The number of nitrogens with two attached hydrogens (primary N) is 1. The number of benzene rings is 1. The predicted octanol–water partition coefficient (Wildman–Crippen LogP) is 3.74. The average molecular weight is 270 g/mol. The lowest BCUT2D eigenvalue weighted by molar-refractivity contribution is 0.806. The molecule has 1 atom stereocenters. The van der Waals surface area contributed by atoms with Crippen molar-refractivity contribution in [2.75, 3.05) is 0 Å². The first kappa shape index (κ1) is 12.7. The zero-order valence-electron chi connectivity index (χ0n) is 11.1. The van der Waals surface area contributed by atoms with Crippen LogP contribution in [0.25, 0.3) is 0 Å². The van der Waals surface area contributed by atoms with Gasteiger partial charge >= 0.3 is 0 Å². The van der Waals surface area contributed by atoms with Crippen LogP contribution in [0.3, 0.4) is 0 Å². The summed E-state index contributed by atoms with van der Waals surface area (Å²) >= 11 is 1.72. The maximum Gasteiger partial charge on any atom is 0.101 e. The van der Waals surface area contributed by atoms with Crippen LogP contribution in [0, 0.1) is 0 Å². The van der Waals surface area contributed by atoms with Gasteiger partial charge in [0.15, 0.2) is 0 Å². The molecule has 98 valence electrons. The fourth-order valence-electron chi connectivity index (χ4n) is 2.45. The number of rotatable bonds is 3. The normalized spacial score (nSPS) is 15.3. The van der Waals surface area contributed by atoms with Gasteiger partial charge in [0.2, 0.25) is 0 Å². The summed E-state index contributed by atoms with van der Waals surface area (Å²) in [4.78, 5) is 5.75. The molecule has 1 heterocycles. The summed E-state index contributed by atoms with van der Waals surface area (Å²) in [6.07, 6.45) is 5.63. The molecule has 1 aromatic carbocycles. The third-order valence-electron chi connectivity index (χ3n) is 3.58. The van der Waals surface area contributed by atoms with Gasteiger partial charge in [-0.25, -0.2) is 4.98 Å². The van der Waals surface area contributed by atoms with Gasteiger partial charge in [-0.05, 0) is 61.1 Å². The zero-order valence-corrected chi connectivity index (χ0v) is 11.9. The highest BCUT2D eigenvalue weighted by Crippen LogP contribution is 2.31. The Morgan fingerprint density at radius 1 is 1.16 bits per heavy atom. The Morgan fingerprint density at radius 2 is 2.00 bits per heavy atom. The molecule has 0 aliphatic heterocycles. The summed E-state index contributed by atoms with van der Waals surface area (Å²) in [5, 5.41) is 1.03. The van der Waals surface area contributed by atoms with Crippen LogP contribution in [0.1, 0.15) is 36.1 Å². The van der Waals surface area contributed by atoms with E-state index < -0.39 is 0 Å². The average Bonchev–Trinajstić information content (AvgIpc) is 2.87. The fraction of sp³-hybridized carbons (Fsp3) is 0.312. The maximum atomic E-state index is 5.83. The minimum absolute atomic E-state index is 0.0477. The van der Waals surface area contributed by atoms with Gasteiger partial charge in [0.1, 0.15) is 5.03 Å². The second kappa shape index (κ2) is 5.35. The van der Waals surface area contributed by atoms with Crippen molar-refractivity contribution in [1.82, 2.24) is 4.98 Å². The van der Waals surface area contributed by atoms with Gasteiger partial charge in [-0.2, -0.15) is 0 Å². The molecule has 2 nitrogen and oxygen atoms in total. The smallest absolute Gasteiger partial charge is 0.101 e. The summed E-state index contributed by atoms with van der Waals surface area (Å²) in [6.45, 7) is 1.98. The van der Waals surface area contributed by atoms with Crippen molar-refractivity contribution in [1.29, 1.82) is 0 Å². The lowest BCUT2D eigenvalue weighted by atomic mass is 10.1. The molecule has 3 rings (SSSR count). The summed E-state index contributed by atoms with van der Waals surface area (Å²) < 4.78 is 0. The van der Waals surface area contributed by atoms with Gasteiger partial charge in [0.05, 0.1) is 0 Å². The van der Waals surface area contributed by atoms with Crippen molar-refractivity contribution >= 4 is 11.8 Å². The lowest BCUT2D eigenvalue weighted by Gasteiger charge is -2.07. The molecule has 0 spiro atoms. The number of aromatic nitrogens is 1. The van der Waals surface area contributed by atoms with E-state index in [2.05, 4.69) is 35.3 Å². The van der Waals surface area contributed by atoms with Crippen LogP contribution in [0.2, 0.25) is 0 Å². The quantitative estimate of drug-likeness (QED) is 0.923. The first-order chi connectivity index (χ1) is 9.22. The van der Waals surface area contributed by atoms with Crippen LogP contribution in [0.5, 0.6) is 0 Å². The molecule has 1 unspecified atom stereocenters. The molecule has 1 aliphatic carbocycles. The molecule has 1 aliphatic rings. The minimum atomic E-state index is 0.0477. The first-order valence-electron chi connectivity index (χ1n) is 6.73. The lowest BCUT2D eigenvalue weighted by Crippen LogP contribution is -2.04. The second-order valence-electron chi connectivity index (χ2n) is 5.10. The topological polar surface area (TPSA) is 38.9 Å². The standard InChI is InChI=1S/C16H18N2S/c1-11(17)14-6-8-16(18-10-14)19-15-7-5-12-3-2-4-13(12)9-15/h5-11H,2-4,17H2,1H3. The molecule has 0 fully saturated rings. The van der Waals surface area contributed by atoms with Crippen LogP contribution in [0.4, 0.5) is 0 Å². The van der Waals surface area contributed by atoms with Crippen LogP contribution in [-0.2, 0) is 12.8 Å². The predicted molar refractivity (Wildman–Crippen MR) is 79.4 cm³/mol. The van der Waals surface area contributed by atoms with Gasteiger partial charge in [-0.1, -0.05) is 23.9 Å². The third kappa shape index (κ3) is 2.82. The molecule has 2 aromatic rings. The summed E-state index contributed by atoms with van der Waals surface area (Å²) in [5.41, 5.74) is 9.94. The van der Waals surface area contributed by atoms with Crippen molar-refractivity contribution in [2.24, 2.45) is 5.73 Å². The maximum absolute atomic E-state index is 5.83. The van der Waals surface area contributed by atoms with Crippen LogP contribution in [0.15, 0.2) is 46.5 Å². The van der Waals surface area contributed by atoms with E-state index in [0.29, 0.717) is 0 Å². The van der Waals surface area contributed by atoms with E-state index >= 15 is 0 Å². The highest BCUT2D eigenvalue weighted by molar-refractivity contribution is 7.99. The summed E-state index contributed by atoms with van der Waals surface area (Å²) in [6, 6.07) is 10.9. The molecule has 0 amide bonds. The van der Waals surface area contributed by atoms with Crippen molar-refractivity contribution in [3.8, 4) is 0 Å². The number of fused-ring (bicyclic) bond motifs is 1. The Kier molecular flexibility index (Phi) is 3.58. The number of aryl methyl sites for hydroxylation is 2. The largest absolute Gasteiger partial charge is 0.324 e. The Balaban J connectivity index is 1.77. The van der Waals surface area contributed by atoms with E-state index in [-0.39, 0.29) is 6.04 Å². The monoisotopic (exact) mass is 270 g/mol. The van der Waals surface area contributed by atoms with Gasteiger partial charge in [0, 0.05) is 17.1 Å². The second-order valence-corrected chi connectivity index (χ2v) is 6.20. The molecule has 0 saturated carbocycles. The van der Waals surface area contributed by atoms with E-state index in [4.69, 9.17) is 5.73 Å². The van der Waals surface area contributed by atoms with Crippen molar-refractivity contribution in [3.05, 3.63) is 53.2 Å². The van der Waals surface area contributed by atoms with Crippen molar-refractivity contribution in [2.45, 2.75) is 42.1 Å². The molecular weight excluding hydrogens is 252 g/mol. The van der Waals surface area contributed by atoms with Gasteiger partial charge < -0.3 is 5.73 Å². The number of pyridine rings is 1. The molecule has 1 aromatic heterocycles. The van der Waals surface area contributed by atoms with Crippen LogP contribution < -0.4 is 5.73 Å². The summed E-state index contributed by atoms with van der Waals surface area (Å²) in [5.74, 6) is 0. The Hall–Kier alpha value is -1.32. The third-order valence-corrected chi connectivity index (χ3v) is 4.52. The van der Waals surface area contributed by atoms with E-state index in [0.717, 1.165) is 10.6 Å². The molecule has 0 radical (unpaired) electrons. The number of hydrogen-bond donors (Lipinski definition) is 1. The number of nitrogens with zero attached hydrogens (tertiary/aromatic N) is 1. The van der Waals surface area contributed by atoms with Gasteiger partial charge in [0.25, 0.3) is 0 Å². The fourth-order valence-corrected chi connectivity index (χ4v) is 3.27. The molecular formula is C16H18N2S.